The average molecular weight is 273 g/mol. The van der Waals surface area contributed by atoms with Crippen LogP contribution >= 0.6 is 0 Å². The molecule has 0 bridgehead atoms. The van der Waals surface area contributed by atoms with Gasteiger partial charge in [0.15, 0.2) is 0 Å². The van der Waals surface area contributed by atoms with Crippen LogP contribution in [0.15, 0.2) is 36.5 Å². The molecule has 0 aliphatic rings. The van der Waals surface area contributed by atoms with Gasteiger partial charge in [0.25, 0.3) is 5.91 Å². The number of anilines is 1. The van der Waals surface area contributed by atoms with E-state index < -0.39 is 0 Å². The van der Waals surface area contributed by atoms with E-state index in [2.05, 4.69) is 5.32 Å². The minimum absolute atomic E-state index is 0.00297. The van der Waals surface area contributed by atoms with Crippen LogP contribution < -0.4 is 11.1 Å². The maximum absolute atomic E-state index is 12.1. The van der Waals surface area contributed by atoms with Crippen molar-refractivity contribution in [3.05, 3.63) is 53.3 Å². The van der Waals surface area contributed by atoms with Gasteiger partial charge in [0.05, 0.1) is 12.3 Å². The average Bonchev–Trinajstić information content (AvgIpc) is 2.86. The molecule has 1 heterocycles. The van der Waals surface area contributed by atoms with Gasteiger partial charge in [0, 0.05) is 19.3 Å². The highest BCUT2D eigenvalue weighted by atomic mass is 16.3. The van der Waals surface area contributed by atoms with Crippen molar-refractivity contribution in [1.82, 2.24) is 9.88 Å². The first-order valence-electron chi connectivity index (χ1n) is 6.56. The smallest absolute Gasteiger partial charge is 0.268 e. The van der Waals surface area contributed by atoms with E-state index in [0.717, 1.165) is 11.1 Å². The lowest BCUT2D eigenvalue weighted by atomic mass is 10.1. The van der Waals surface area contributed by atoms with Gasteiger partial charge in [-0.2, -0.15) is 0 Å². The van der Waals surface area contributed by atoms with E-state index in [4.69, 9.17) is 10.8 Å². The third-order valence-corrected chi connectivity index (χ3v) is 3.12. The number of nitrogens with two attached hydrogens (primary N) is 1. The first kappa shape index (κ1) is 14.1. The van der Waals surface area contributed by atoms with Crippen molar-refractivity contribution in [1.29, 1.82) is 0 Å². The van der Waals surface area contributed by atoms with Crippen molar-refractivity contribution < 1.29 is 9.90 Å². The molecule has 1 aromatic heterocycles. The van der Waals surface area contributed by atoms with E-state index in [1.54, 1.807) is 12.3 Å². The van der Waals surface area contributed by atoms with Gasteiger partial charge in [-0.1, -0.05) is 24.3 Å². The molecule has 0 saturated carbocycles. The Bertz CT molecular complexity index is 605. The molecule has 1 amide bonds. The highest BCUT2D eigenvalue weighted by Crippen LogP contribution is 2.11. The van der Waals surface area contributed by atoms with Crippen LogP contribution in [0, 0.1) is 0 Å². The molecule has 0 fully saturated rings. The molecule has 106 valence electrons. The summed E-state index contributed by atoms with van der Waals surface area (Å²) >= 11 is 0. The van der Waals surface area contributed by atoms with Crippen molar-refractivity contribution in [2.45, 2.75) is 26.6 Å². The number of carbonyl (C=O) groups excluding carboxylic acids is 1. The second kappa shape index (κ2) is 6.25. The van der Waals surface area contributed by atoms with Crippen molar-refractivity contribution in [3.8, 4) is 0 Å². The fourth-order valence-electron chi connectivity index (χ4n) is 2.10. The maximum Gasteiger partial charge on any atom is 0.268 e. The van der Waals surface area contributed by atoms with Gasteiger partial charge < -0.3 is 20.7 Å². The van der Waals surface area contributed by atoms with E-state index in [-0.39, 0.29) is 12.5 Å². The van der Waals surface area contributed by atoms with E-state index in [0.29, 0.717) is 24.5 Å². The first-order chi connectivity index (χ1) is 9.63. The number of hydrogen-bond donors (Lipinski definition) is 3. The molecule has 20 heavy (non-hydrogen) atoms. The van der Waals surface area contributed by atoms with Gasteiger partial charge in [0.1, 0.15) is 5.69 Å². The Balaban J connectivity index is 2.04. The first-order valence-corrected chi connectivity index (χ1v) is 6.56. The molecule has 0 unspecified atom stereocenters. The molecule has 5 nitrogen and oxygen atoms in total. The monoisotopic (exact) mass is 273 g/mol. The predicted octanol–water partition coefficient (Wildman–Crippen LogP) is 1.51. The number of nitrogens with zero attached hydrogens (tertiary/aromatic N) is 1. The highest BCUT2D eigenvalue weighted by molar-refractivity contribution is 5.93. The second-order valence-electron chi connectivity index (χ2n) is 4.61. The normalized spacial score (nSPS) is 10.5. The van der Waals surface area contributed by atoms with Crippen LogP contribution in [-0.4, -0.2) is 15.6 Å². The Kier molecular flexibility index (Phi) is 4.42. The lowest BCUT2D eigenvalue weighted by Gasteiger charge is -2.08. The van der Waals surface area contributed by atoms with E-state index in [1.165, 1.54) is 0 Å². The van der Waals surface area contributed by atoms with Crippen LogP contribution in [0.4, 0.5) is 5.69 Å². The summed E-state index contributed by atoms with van der Waals surface area (Å²) in [5, 5.41) is 11.9. The Labute approximate surface area is 118 Å². The Morgan fingerprint density at radius 2 is 2.10 bits per heavy atom. The van der Waals surface area contributed by atoms with Crippen LogP contribution in [-0.2, 0) is 19.7 Å². The number of aliphatic hydroxyl groups excluding tert-OH is 1. The zero-order valence-corrected chi connectivity index (χ0v) is 11.5. The fraction of sp³-hybridized carbons (Fsp3) is 0.267. The molecule has 0 spiro atoms. The number of aryl methyl sites for hydroxylation is 1. The van der Waals surface area contributed by atoms with E-state index in [1.807, 2.05) is 35.8 Å². The van der Waals surface area contributed by atoms with Gasteiger partial charge in [-0.05, 0) is 24.1 Å². The van der Waals surface area contributed by atoms with Crippen LogP contribution in [0.3, 0.4) is 0 Å². The Morgan fingerprint density at radius 1 is 1.35 bits per heavy atom. The zero-order valence-electron chi connectivity index (χ0n) is 11.5. The summed E-state index contributed by atoms with van der Waals surface area (Å²) < 4.78 is 1.81. The van der Waals surface area contributed by atoms with Crippen molar-refractivity contribution in [2.75, 3.05) is 5.73 Å². The summed E-state index contributed by atoms with van der Waals surface area (Å²) in [7, 11) is 0. The minimum Gasteiger partial charge on any atom is -0.397 e. The molecule has 0 aliphatic heterocycles. The lowest BCUT2D eigenvalue weighted by molar-refractivity contribution is 0.0941. The molecule has 0 radical (unpaired) electrons. The molecule has 5 heteroatoms. The molecular weight excluding hydrogens is 254 g/mol. The quantitative estimate of drug-likeness (QED) is 0.772. The number of aliphatic hydroxyl groups is 1. The van der Waals surface area contributed by atoms with Crippen molar-refractivity contribution in [3.63, 3.8) is 0 Å². The molecule has 4 N–H and O–H groups in total. The summed E-state index contributed by atoms with van der Waals surface area (Å²) in [6.45, 7) is 3.07. The number of benzene rings is 1. The second-order valence-corrected chi connectivity index (χ2v) is 4.61. The van der Waals surface area contributed by atoms with Gasteiger partial charge in [0.2, 0.25) is 0 Å². The molecule has 0 atom stereocenters. The van der Waals surface area contributed by atoms with E-state index >= 15 is 0 Å². The number of rotatable bonds is 5. The predicted molar refractivity (Wildman–Crippen MR) is 78.1 cm³/mol. The summed E-state index contributed by atoms with van der Waals surface area (Å²) in [6.07, 6.45) is 1.75. The largest absolute Gasteiger partial charge is 0.397 e. The number of nitrogens with one attached hydrogen (secondary N) is 1. The van der Waals surface area contributed by atoms with Gasteiger partial charge >= 0.3 is 0 Å². The third kappa shape index (κ3) is 3.19. The SMILES string of the molecule is CCn1cc(N)cc1C(=O)NCc1cccc(CO)c1. The van der Waals surface area contributed by atoms with Crippen LogP contribution in [0.25, 0.3) is 0 Å². The number of hydrogen-bond acceptors (Lipinski definition) is 3. The van der Waals surface area contributed by atoms with Crippen LogP contribution in [0.1, 0.15) is 28.5 Å². The Morgan fingerprint density at radius 3 is 2.80 bits per heavy atom. The summed E-state index contributed by atoms with van der Waals surface area (Å²) in [5.41, 5.74) is 8.63. The van der Waals surface area contributed by atoms with Crippen LogP contribution in [0.5, 0.6) is 0 Å². The molecular formula is C15H19N3O2. The third-order valence-electron chi connectivity index (χ3n) is 3.12. The molecule has 0 aliphatic carbocycles. The maximum atomic E-state index is 12.1. The molecule has 1 aromatic carbocycles. The highest BCUT2D eigenvalue weighted by Gasteiger charge is 2.11. The molecule has 0 saturated heterocycles. The van der Waals surface area contributed by atoms with Crippen molar-refractivity contribution >= 4 is 11.6 Å². The summed E-state index contributed by atoms with van der Waals surface area (Å²) in [5.74, 6) is -0.155. The summed E-state index contributed by atoms with van der Waals surface area (Å²) in [6, 6.07) is 9.15. The number of carbonyl (C=O) groups is 1. The Hall–Kier alpha value is -2.27. The van der Waals surface area contributed by atoms with Crippen LogP contribution in [0.2, 0.25) is 0 Å². The lowest BCUT2D eigenvalue weighted by Crippen LogP contribution is -2.25. The fourth-order valence-corrected chi connectivity index (χ4v) is 2.10. The number of amides is 1. The standard InChI is InChI=1S/C15H19N3O2/c1-2-18-9-13(16)7-14(18)15(20)17-8-11-4-3-5-12(6-11)10-19/h3-7,9,19H,2,8,10,16H2,1H3,(H,17,20). The van der Waals surface area contributed by atoms with Gasteiger partial charge in [-0.15, -0.1) is 0 Å². The molecule has 2 aromatic rings. The van der Waals surface area contributed by atoms with E-state index in [9.17, 15) is 4.79 Å². The molecule has 2 rings (SSSR count). The van der Waals surface area contributed by atoms with Gasteiger partial charge in [-0.25, -0.2) is 0 Å². The summed E-state index contributed by atoms with van der Waals surface area (Å²) in [4.78, 5) is 12.1. The van der Waals surface area contributed by atoms with Gasteiger partial charge in [-0.3, -0.25) is 4.79 Å². The topological polar surface area (TPSA) is 80.3 Å². The number of aromatic nitrogens is 1. The number of nitrogen functional groups attached to an aromatic ring is 1. The van der Waals surface area contributed by atoms with Crippen molar-refractivity contribution in [2.24, 2.45) is 0 Å². The minimum atomic E-state index is -0.155. The zero-order chi connectivity index (χ0) is 14.5.